The fraction of sp³-hybridized carbons (Fsp3) is 0.200. The second-order valence-corrected chi connectivity index (χ2v) is 4.54. The van der Waals surface area contributed by atoms with Crippen LogP contribution in [0.15, 0.2) is 42.6 Å². The van der Waals surface area contributed by atoms with Crippen LogP contribution in [-0.4, -0.2) is 22.2 Å². The summed E-state index contributed by atoms with van der Waals surface area (Å²) in [5, 5.41) is 13.9. The van der Waals surface area contributed by atoms with Gasteiger partial charge in [0, 0.05) is 48.2 Å². The summed E-state index contributed by atoms with van der Waals surface area (Å²) in [6, 6.07) is 9.92. The van der Waals surface area contributed by atoms with E-state index in [1.54, 1.807) is 12.3 Å². The number of nitrogens with zero attached hydrogens (tertiary/aromatic N) is 2. The molecule has 0 saturated carbocycles. The molecule has 6 nitrogen and oxygen atoms in total. The molecule has 2 rings (SSSR count). The minimum atomic E-state index is -0.510. The standard InChI is InChI=1S/C15H15N3O3/c1-11(19)14-10-13(18(20)21)5-6-15(14)17-9-7-12-4-2-3-8-16-12/h2-6,8,10,17H,7,9H2,1H3. The summed E-state index contributed by atoms with van der Waals surface area (Å²) in [6.45, 7) is 1.98. The number of Topliss-reactive ketones (excluding diaryl/α,β-unsaturated/α-hetero) is 1. The fourth-order valence-corrected chi connectivity index (χ4v) is 1.96. The molecule has 0 aliphatic heterocycles. The number of rotatable bonds is 6. The zero-order valence-electron chi connectivity index (χ0n) is 11.6. The lowest BCUT2D eigenvalue weighted by atomic mass is 10.1. The van der Waals surface area contributed by atoms with Crippen LogP contribution < -0.4 is 5.32 Å². The molecule has 6 heteroatoms. The van der Waals surface area contributed by atoms with Gasteiger partial charge in [-0.15, -0.1) is 0 Å². The summed E-state index contributed by atoms with van der Waals surface area (Å²) < 4.78 is 0. The molecule has 0 atom stereocenters. The lowest BCUT2D eigenvalue weighted by Gasteiger charge is -2.10. The van der Waals surface area contributed by atoms with Crippen LogP contribution in [0.2, 0.25) is 0 Å². The Hall–Kier alpha value is -2.76. The van der Waals surface area contributed by atoms with Gasteiger partial charge in [-0.3, -0.25) is 19.9 Å². The van der Waals surface area contributed by atoms with Crippen LogP contribution >= 0.6 is 0 Å². The number of ketones is 1. The largest absolute Gasteiger partial charge is 0.384 e. The van der Waals surface area contributed by atoms with E-state index in [0.29, 0.717) is 24.2 Å². The summed E-state index contributed by atoms with van der Waals surface area (Å²) in [7, 11) is 0. The maximum absolute atomic E-state index is 11.6. The van der Waals surface area contributed by atoms with Crippen molar-refractivity contribution in [2.24, 2.45) is 0 Å². The van der Waals surface area contributed by atoms with E-state index >= 15 is 0 Å². The molecular formula is C15H15N3O3. The lowest BCUT2D eigenvalue weighted by Crippen LogP contribution is -2.09. The predicted octanol–water partition coefficient (Wildman–Crippen LogP) is 2.85. The van der Waals surface area contributed by atoms with Crippen LogP contribution in [0.1, 0.15) is 23.0 Å². The van der Waals surface area contributed by atoms with E-state index in [4.69, 9.17) is 0 Å². The Morgan fingerprint density at radius 2 is 2.14 bits per heavy atom. The number of hydrogen-bond donors (Lipinski definition) is 1. The Kier molecular flexibility index (Phi) is 4.61. The monoisotopic (exact) mass is 285 g/mol. The number of hydrogen-bond acceptors (Lipinski definition) is 5. The third-order valence-electron chi connectivity index (χ3n) is 3.02. The number of nitrogens with one attached hydrogen (secondary N) is 1. The quantitative estimate of drug-likeness (QED) is 0.501. The summed E-state index contributed by atoms with van der Waals surface area (Å²) in [6.07, 6.45) is 2.43. The van der Waals surface area contributed by atoms with Crippen molar-refractivity contribution in [3.05, 3.63) is 64.0 Å². The van der Waals surface area contributed by atoms with E-state index in [0.717, 1.165) is 5.69 Å². The van der Waals surface area contributed by atoms with E-state index in [1.165, 1.54) is 19.1 Å². The van der Waals surface area contributed by atoms with Gasteiger partial charge in [0.25, 0.3) is 5.69 Å². The first-order valence-corrected chi connectivity index (χ1v) is 6.51. The Morgan fingerprint density at radius 3 is 2.76 bits per heavy atom. The lowest BCUT2D eigenvalue weighted by molar-refractivity contribution is -0.384. The van der Waals surface area contributed by atoms with Gasteiger partial charge in [0.05, 0.1) is 4.92 Å². The topological polar surface area (TPSA) is 85.1 Å². The van der Waals surface area contributed by atoms with Gasteiger partial charge in [-0.05, 0) is 25.1 Å². The maximum atomic E-state index is 11.6. The zero-order valence-corrected chi connectivity index (χ0v) is 11.6. The van der Waals surface area contributed by atoms with Crippen LogP contribution in [0.25, 0.3) is 0 Å². The van der Waals surface area contributed by atoms with Crippen LogP contribution in [0.4, 0.5) is 11.4 Å². The van der Waals surface area contributed by atoms with Crippen molar-refractivity contribution in [2.45, 2.75) is 13.3 Å². The molecule has 0 unspecified atom stereocenters. The first kappa shape index (κ1) is 14.6. The molecule has 21 heavy (non-hydrogen) atoms. The van der Waals surface area contributed by atoms with Crippen LogP contribution in [-0.2, 0) is 6.42 Å². The van der Waals surface area contributed by atoms with Crippen molar-refractivity contribution in [1.82, 2.24) is 4.98 Å². The highest BCUT2D eigenvalue weighted by Crippen LogP contribution is 2.22. The molecule has 0 saturated heterocycles. The third kappa shape index (κ3) is 3.85. The highest BCUT2D eigenvalue weighted by molar-refractivity contribution is 6.00. The van der Waals surface area contributed by atoms with E-state index in [9.17, 15) is 14.9 Å². The smallest absolute Gasteiger partial charge is 0.270 e. The molecule has 0 aliphatic rings. The molecule has 1 aromatic carbocycles. The molecule has 0 fully saturated rings. The van der Waals surface area contributed by atoms with Crippen molar-refractivity contribution >= 4 is 17.2 Å². The number of anilines is 1. The van der Waals surface area contributed by atoms with Crippen LogP contribution in [0.5, 0.6) is 0 Å². The van der Waals surface area contributed by atoms with E-state index in [2.05, 4.69) is 10.3 Å². The molecule has 0 amide bonds. The van der Waals surface area contributed by atoms with E-state index in [1.807, 2.05) is 18.2 Å². The summed E-state index contributed by atoms with van der Waals surface area (Å²) in [5.41, 5.74) is 1.78. The Morgan fingerprint density at radius 1 is 1.33 bits per heavy atom. The zero-order chi connectivity index (χ0) is 15.2. The molecule has 1 aromatic heterocycles. The summed E-state index contributed by atoms with van der Waals surface area (Å²) in [5.74, 6) is -0.209. The van der Waals surface area contributed by atoms with Crippen LogP contribution in [0, 0.1) is 10.1 Å². The summed E-state index contributed by atoms with van der Waals surface area (Å²) >= 11 is 0. The summed E-state index contributed by atoms with van der Waals surface area (Å²) in [4.78, 5) is 26.0. The van der Waals surface area contributed by atoms with Gasteiger partial charge < -0.3 is 5.32 Å². The molecule has 0 radical (unpaired) electrons. The van der Waals surface area contributed by atoms with Crippen molar-refractivity contribution in [3.63, 3.8) is 0 Å². The number of carbonyl (C=O) groups is 1. The van der Waals surface area contributed by atoms with Gasteiger partial charge in [0.2, 0.25) is 0 Å². The van der Waals surface area contributed by atoms with Gasteiger partial charge >= 0.3 is 0 Å². The predicted molar refractivity (Wildman–Crippen MR) is 79.5 cm³/mol. The molecule has 1 N–H and O–H groups in total. The normalized spacial score (nSPS) is 10.1. The number of pyridine rings is 1. The number of non-ortho nitro benzene ring substituents is 1. The third-order valence-corrected chi connectivity index (χ3v) is 3.02. The molecule has 1 heterocycles. The minimum Gasteiger partial charge on any atom is -0.384 e. The van der Waals surface area contributed by atoms with Crippen molar-refractivity contribution in [1.29, 1.82) is 0 Å². The SMILES string of the molecule is CC(=O)c1cc([N+](=O)[O-])ccc1NCCc1ccccn1. The Balaban J connectivity index is 2.09. The molecule has 0 aliphatic carbocycles. The van der Waals surface area contributed by atoms with Crippen molar-refractivity contribution < 1.29 is 9.72 Å². The van der Waals surface area contributed by atoms with Gasteiger partial charge in [0.15, 0.2) is 5.78 Å². The van der Waals surface area contributed by atoms with Gasteiger partial charge in [-0.25, -0.2) is 0 Å². The first-order valence-electron chi connectivity index (χ1n) is 6.51. The van der Waals surface area contributed by atoms with Crippen molar-refractivity contribution in [3.8, 4) is 0 Å². The second kappa shape index (κ2) is 6.60. The molecule has 0 spiro atoms. The van der Waals surface area contributed by atoms with E-state index < -0.39 is 4.92 Å². The Bertz CT molecular complexity index is 656. The maximum Gasteiger partial charge on any atom is 0.270 e. The number of nitro groups is 1. The Labute approximate surface area is 122 Å². The number of carbonyl (C=O) groups excluding carboxylic acids is 1. The number of benzene rings is 1. The van der Waals surface area contributed by atoms with Gasteiger partial charge in [-0.1, -0.05) is 6.07 Å². The fourth-order valence-electron chi connectivity index (χ4n) is 1.96. The average molecular weight is 285 g/mol. The van der Waals surface area contributed by atoms with Gasteiger partial charge in [0.1, 0.15) is 0 Å². The van der Waals surface area contributed by atoms with E-state index in [-0.39, 0.29) is 11.5 Å². The first-order chi connectivity index (χ1) is 10.1. The molecular weight excluding hydrogens is 270 g/mol. The van der Waals surface area contributed by atoms with Crippen molar-refractivity contribution in [2.75, 3.05) is 11.9 Å². The number of nitro benzene ring substituents is 1. The molecule has 0 bridgehead atoms. The average Bonchev–Trinajstić information content (AvgIpc) is 2.48. The number of aromatic nitrogens is 1. The van der Waals surface area contributed by atoms with Crippen LogP contribution in [0.3, 0.4) is 0 Å². The molecule has 2 aromatic rings. The minimum absolute atomic E-state index is 0.0875. The molecule has 108 valence electrons. The highest BCUT2D eigenvalue weighted by atomic mass is 16.6. The highest BCUT2D eigenvalue weighted by Gasteiger charge is 2.13. The van der Waals surface area contributed by atoms with Gasteiger partial charge in [-0.2, -0.15) is 0 Å². The second-order valence-electron chi connectivity index (χ2n) is 4.54.